The van der Waals surface area contributed by atoms with Crippen LogP contribution in [-0.4, -0.2) is 111 Å². The van der Waals surface area contributed by atoms with Crippen molar-refractivity contribution in [2.75, 3.05) is 0 Å². The molecule has 0 aromatic rings. The summed E-state index contributed by atoms with van der Waals surface area (Å²) >= 11 is 0. The van der Waals surface area contributed by atoms with E-state index >= 15 is 0 Å². The number of nitrogens with two attached hydrogens (primary N) is 1. The number of nitrogens with one attached hydrogen (secondary N) is 6. The first-order valence-electron chi connectivity index (χ1n) is 17.7. The quantitative estimate of drug-likeness (QED) is 0.0526. The molecule has 19 heteroatoms. The molecule has 6 amide bonds. The first-order chi connectivity index (χ1) is 24.5. The van der Waals surface area contributed by atoms with Crippen molar-refractivity contribution in [3.8, 4) is 0 Å². The van der Waals surface area contributed by atoms with Gasteiger partial charge in [0.05, 0.1) is 6.42 Å². The molecule has 0 unspecified atom stereocenters. The lowest BCUT2D eigenvalue weighted by Gasteiger charge is -2.26. The van der Waals surface area contributed by atoms with Crippen molar-refractivity contribution in [3.05, 3.63) is 0 Å². The molecule has 0 heterocycles. The van der Waals surface area contributed by atoms with Crippen LogP contribution < -0.4 is 37.6 Å². The molecule has 0 fully saturated rings. The molecule has 53 heavy (non-hydrogen) atoms. The van der Waals surface area contributed by atoms with Gasteiger partial charge in [0.2, 0.25) is 35.4 Å². The van der Waals surface area contributed by atoms with Crippen LogP contribution in [-0.2, 0) is 43.2 Å². The molecule has 0 aromatic heterocycles. The van der Waals surface area contributed by atoms with Crippen LogP contribution in [0.25, 0.3) is 0 Å². The zero-order chi connectivity index (χ0) is 41.0. The highest BCUT2D eigenvalue weighted by Gasteiger charge is 2.27. The first kappa shape index (κ1) is 48.2. The molecule has 0 aliphatic heterocycles. The molecular formula is C34H59N7O12. The number of carboxylic acids is 3. The molecule has 302 valence electrons. The van der Waals surface area contributed by atoms with Crippen LogP contribution in [0.15, 0.2) is 0 Å². The van der Waals surface area contributed by atoms with Crippen molar-refractivity contribution in [3.63, 3.8) is 0 Å². The zero-order valence-electron chi connectivity index (χ0n) is 31.7. The van der Waals surface area contributed by atoms with Gasteiger partial charge in [0, 0.05) is 81.2 Å². The number of carbonyl (C=O) groups excluding carboxylic acids is 6. The summed E-state index contributed by atoms with van der Waals surface area (Å²) in [7, 11) is 0. The highest BCUT2D eigenvalue weighted by atomic mass is 16.4. The average molecular weight is 758 g/mol. The largest absolute Gasteiger partial charge is 0.481 e. The number of aliphatic carboxylic acids is 3. The fraction of sp³-hybridized carbons (Fsp3) is 0.735. The minimum Gasteiger partial charge on any atom is -0.481 e. The van der Waals surface area contributed by atoms with Crippen molar-refractivity contribution in [2.24, 2.45) is 17.6 Å². The Bertz CT molecular complexity index is 1290. The van der Waals surface area contributed by atoms with Crippen molar-refractivity contribution in [1.82, 2.24) is 31.9 Å². The Labute approximate surface area is 309 Å². The van der Waals surface area contributed by atoms with Crippen LogP contribution in [0.5, 0.6) is 0 Å². The van der Waals surface area contributed by atoms with Gasteiger partial charge in [-0.1, -0.05) is 27.7 Å². The lowest BCUT2D eigenvalue weighted by Crippen LogP contribution is -2.48. The monoisotopic (exact) mass is 757 g/mol. The van der Waals surface area contributed by atoms with E-state index in [4.69, 9.17) is 15.9 Å². The molecule has 0 saturated carbocycles. The predicted molar refractivity (Wildman–Crippen MR) is 191 cm³/mol. The second-order valence-electron chi connectivity index (χ2n) is 14.2. The Kier molecular flexibility index (Phi) is 22.2. The number of carbonyl (C=O) groups is 9. The van der Waals surface area contributed by atoms with Crippen LogP contribution in [0.2, 0.25) is 0 Å². The normalized spacial score (nSPS) is 15.1. The van der Waals surface area contributed by atoms with Gasteiger partial charge in [-0.15, -0.1) is 0 Å². The van der Waals surface area contributed by atoms with Gasteiger partial charge in [-0.3, -0.25) is 38.4 Å². The molecule has 0 aliphatic carbocycles. The SMILES string of the molecule is CC(C)[C@@H](CC(=O)N[C@@H](CCC(=O)O)CC(=O)N[C@H](CC(=O)N[C@@H](C)CC(=O)N[C@@H](C)CC(=O)N[C@H](CC(=O)O)C(=O)O)C(C)C)NC(=O)C[C@H](C)N. The Balaban J connectivity index is 5.18. The molecule has 19 nitrogen and oxygen atoms in total. The number of amides is 6. The summed E-state index contributed by atoms with van der Waals surface area (Å²) in [5, 5.41) is 42.7. The third kappa shape index (κ3) is 23.4. The zero-order valence-corrected chi connectivity index (χ0v) is 31.7. The smallest absolute Gasteiger partial charge is 0.326 e. The summed E-state index contributed by atoms with van der Waals surface area (Å²) < 4.78 is 0. The van der Waals surface area contributed by atoms with Gasteiger partial charge in [0.15, 0.2) is 0 Å². The average Bonchev–Trinajstić information content (AvgIpc) is 2.97. The van der Waals surface area contributed by atoms with Gasteiger partial charge in [-0.2, -0.15) is 0 Å². The van der Waals surface area contributed by atoms with E-state index < -0.39 is 90.1 Å². The van der Waals surface area contributed by atoms with E-state index in [2.05, 4.69) is 31.9 Å². The van der Waals surface area contributed by atoms with E-state index in [1.807, 2.05) is 13.8 Å². The van der Waals surface area contributed by atoms with E-state index in [-0.39, 0.29) is 75.2 Å². The molecule has 0 saturated heterocycles. The first-order valence-corrected chi connectivity index (χ1v) is 17.7. The fourth-order valence-electron chi connectivity index (χ4n) is 5.12. The summed E-state index contributed by atoms with van der Waals surface area (Å²) in [6.45, 7) is 12.0. The van der Waals surface area contributed by atoms with Crippen LogP contribution in [0.1, 0.15) is 106 Å². The van der Waals surface area contributed by atoms with Gasteiger partial charge in [0.1, 0.15) is 6.04 Å². The molecular weight excluding hydrogens is 698 g/mol. The van der Waals surface area contributed by atoms with Crippen LogP contribution in [0.4, 0.5) is 0 Å². The Hall–Kier alpha value is -4.81. The fourth-order valence-corrected chi connectivity index (χ4v) is 5.12. The topological polar surface area (TPSA) is 313 Å². The van der Waals surface area contributed by atoms with Crippen molar-refractivity contribution >= 4 is 53.4 Å². The molecule has 0 aliphatic rings. The minimum atomic E-state index is -1.63. The summed E-state index contributed by atoms with van der Waals surface area (Å²) in [4.78, 5) is 109. The van der Waals surface area contributed by atoms with Crippen molar-refractivity contribution in [2.45, 2.75) is 149 Å². The summed E-state index contributed by atoms with van der Waals surface area (Å²) in [6, 6.07) is -5.41. The van der Waals surface area contributed by atoms with Crippen LogP contribution >= 0.6 is 0 Å². The van der Waals surface area contributed by atoms with Crippen LogP contribution in [0, 0.1) is 11.8 Å². The summed E-state index contributed by atoms with van der Waals surface area (Å²) in [6.07, 6.45) is -2.12. The lowest BCUT2D eigenvalue weighted by atomic mass is 9.98. The molecule has 0 aromatic carbocycles. The standard InChI is InChI=1S/C34H59N7O12/c1-17(2)23(14-30(46)37-20(6)11-27(43)36-21(7)12-28(44)41-25(34(52)53)16-33(50)51)40-29(45)13-22(8-9-32(48)49)38-31(47)15-24(18(3)4)39-26(42)10-19(5)35/h17-25H,8-16,35H2,1-7H3,(H,36,43)(H,37,46)(H,38,47)(H,39,42)(H,40,45)(H,41,44)(H,48,49)(H,50,51)(H,52,53)/t19-,20-,21-,22-,23+,24+,25+/m0/s1. The molecule has 7 atom stereocenters. The maximum atomic E-state index is 13.1. The number of carboxylic acid groups (broad SMARTS) is 3. The minimum absolute atomic E-state index is 0.0405. The van der Waals surface area contributed by atoms with Gasteiger partial charge in [-0.25, -0.2) is 4.79 Å². The lowest BCUT2D eigenvalue weighted by molar-refractivity contribution is -0.147. The van der Waals surface area contributed by atoms with Gasteiger partial charge >= 0.3 is 17.9 Å². The third-order valence-corrected chi connectivity index (χ3v) is 7.93. The van der Waals surface area contributed by atoms with E-state index in [9.17, 15) is 48.3 Å². The van der Waals surface area contributed by atoms with Gasteiger partial charge in [0.25, 0.3) is 0 Å². The molecule has 0 spiro atoms. The molecule has 0 rings (SSSR count). The highest BCUT2D eigenvalue weighted by Crippen LogP contribution is 2.12. The molecule has 0 bridgehead atoms. The Morgan fingerprint density at radius 1 is 0.472 bits per heavy atom. The van der Waals surface area contributed by atoms with Crippen molar-refractivity contribution in [1.29, 1.82) is 0 Å². The molecule has 11 N–H and O–H groups in total. The number of hydrogen-bond acceptors (Lipinski definition) is 10. The Morgan fingerprint density at radius 3 is 1.26 bits per heavy atom. The summed E-state index contributed by atoms with van der Waals surface area (Å²) in [5.74, 6) is -7.45. The number of rotatable bonds is 26. The second kappa shape index (κ2) is 24.4. The predicted octanol–water partition coefficient (Wildman–Crippen LogP) is -0.641. The van der Waals surface area contributed by atoms with Crippen LogP contribution in [0.3, 0.4) is 0 Å². The van der Waals surface area contributed by atoms with E-state index in [1.54, 1.807) is 27.7 Å². The van der Waals surface area contributed by atoms with E-state index in [0.717, 1.165) is 0 Å². The van der Waals surface area contributed by atoms with Gasteiger partial charge in [-0.05, 0) is 39.0 Å². The highest BCUT2D eigenvalue weighted by molar-refractivity contribution is 5.87. The van der Waals surface area contributed by atoms with Crippen molar-refractivity contribution < 1.29 is 58.5 Å². The second-order valence-corrected chi connectivity index (χ2v) is 14.2. The molecule has 0 radical (unpaired) electrons. The van der Waals surface area contributed by atoms with Gasteiger partial charge < -0.3 is 53.0 Å². The summed E-state index contributed by atoms with van der Waals surface area (Å²) in [5.41, 5.74) is 5.69. The number of hydrogen-bond donors (Lipinski definition) is 10. The maximum absolute atomic E-state index is 13.1. The Morgan fingerprint density at radius 2 is 0.868 bits per heavy atom. The van der Waals surface area contributed by atoms with E-state index in [0.29, 0.717) is 0 Å². The maximum Gasteiger partial charge on any atom is 0.326 e. The van der Waals surface area contributed by atoms with E-state index in [1.165, 1.54) is 6.92 Å². The third-order valence-electron chi connectivity index (χ3n) is 7.93.